The molecule has 0 aromatic carbocycles. The Bertz CT molecular complexity index is 1220. The molecular weight excluding hydrogens is 690 g/mol. The summed E-state index contributed by atoms with van der Waals surface area (Å²) < 4.78 is 24.6. The predicted octanol–water partition coefficient (Wildman–Crippen LogP) is 6.71. The van der Waals surface area contributed by atoms with Crippen LogP contribution in [0.3, 0.4) is 0 Å². The molecule has 0 rings (SSSR count). The van der Waals surface area contributed by atoms with Gasteiger partial charge in [0.2, 0.25) is 0 Å². The number of hydrogen-bond donors (Lipinski definition) is 4. The molecule has 0 heterocycles. The lowest BCUT2D eigenvalue weighted by Crippen LogP contribution is -2.51. The number of aliphatic carboxylic acids is 1. The molecule has 0 fully saturated rings. The van der Waals surface area contributed by atoms with E-state index in [1.165, 1.54) is 20.3 Å². The highest BCUT2D eigenvalue weighted by Crippen LogP contribution is 2.25. The summed E-state index contributed by atoms with van der Waals surface area (Å²) in [5.41, 5.74) is -3.94. The van der Waals surface area contributed by atoms with Gasteiger partial charge in [-0.15, -0.1) is 19.7 Å². The maximum atomic E-state index is 11.7. The molecule has 0 aliphatic heterocycles. The Morgan fingerprint density at radius 1 is 0.472 bits per heavy atom. The molecule has 4 N–H and O–H groups in total. The third-order valence-electron chi connectivity index (χ3n) is 6.91. The fourth-order valence-corrected chi connectivity index (χ4v) is 3.53. The first-order valence-corrected chi connectivity index (χ1v) is 16.8. The van der Waals surface area contributed by atoms with Crippen LogP contribution >= 0.6 is 0 Å². The van der Waals surface area contributed by atoms with Crippen molar-refractivity contribution in [2.24, 2.45) is 16.2 Å². The maximum Gasteiger partial charge on any atom is 0.408 e. The Morgan fingerprint density at radius 2 is 0.679 bits per heavy atom. The minimum Gasteiger partial charge on any atom is -0.480 e. The Hall–Kier alpha value is -4.56. The van der Waals surface area contributed by atoms with Crippen molar-refractivity contribution >= 4 is 36.2 Å². The van der Waals surface area contributed by atoms with Crippen molar-refractivity contribution in [2.45, 2.75) is 139 Å². The summed E-state index contributed by atoms with van der Waals surface area (Å²) in [6, 6.07) is -2.75. The fourth-order valence-electron chi connectivity index (χ4n) is 3.53. The topological polar surface area (TPSA) is 205 Å². The Balaban J connectivity index is -0.000000708. The second-order valence-corrected chi connectivity index (χ2v) is 16.7. The van der Waals surface area contributed by atoms with Crippen LogP contribution in [-0.2, 0) is 38.1 Å². The molecule has 15 nitrogen and oxygen atoms in total. The second-order valence-electron chi connectivity index (χ2n) is 16.7. The average Bonchev–Trinajstić information content (AvgIpc) is 2.98. The molecule has 0 aliphatic rings. The van der Waals surface area contributed by atoms with Crippen LogP contribution in [0.25, 0.3) is 0 Å². The van der Waals surface area contributed by atoms with E-state index >= 15 is 0 Å². The van der Waals surface area contributed by atoms with E-state index in [4.69, 9.17) is 19.3 Å². The van der Waals surface area contributed by atoms with Gasteiger partial charge in [0.05, 0.1) is 14.2 Å². The normalized spacial score (nSPS) is 13.5. The van der Waals surface area contributed by atoms with E-state index in [1.54, 1.807) is 116 Å². The SMILES string of the molecule is C=CC(C)(C)C(NC(=O)OC(C)(C)C)C(=O)OC.C=CC(C)(C)[C@@H](NC(=O)OC(C)(C)C)C(=O)OC.C=CC(C)(C)[C@H](NC(=O)OC(C)(C)C)C(=O)O. The zero-order valence-electron chi connectivity index (χ0n) is 35.0. The fraction of sp³-hybridized carbons (Fsp3) is 0.684. The Labute approximate surface area is 316 Å². The molecular formula is C38H67N3O12. The molecule has 306 valence electrons. The van der Waals surface area contributed by atoms with Gasteiger partial charge in [0.1, 0.15) is 34.9 Å². The summed E-state index contributed by atoms with van der Waals surface area (Å²) in [4.78, 5) is 69.3. The minimum absolute atomic E-state index is 0.536. The van der Waals surface area contributed by atoms with Gasteiger partial charge >= 0.3 is 36.2 Å². The number of methoxy groups -OCH3 is 2. The predicted molar refractivity (Wildman–Crippen MR) is 203 cm³/mol. The van der Waals surface area contributed by atoms with Crippen molar-refractivity contribution in [3.05, 3.63) is 38.0 Å². The zero-order chi connectivity index (χ0) is 43.0. The van der Waals surface area contributed by atoms with E-state index in [0.29, 0.717) is 0 Å². The zero-order valence-corrected chi connectivity index (χ0v) is 35.0. The highest BCUT2D eigenvalue weighted by Gasteiger charge is 2.38. The van der Waals surface area contributed by atoms with Gasteiger partial charge in [0.25, 0.3) is 0 Å². The highest BCUT2D eigenvalue weighted by molar-refractivity contribution is 5.83. The Kier molecular flexibility index (Phi) is 21.1. The molecule has 0 aliphatic carbocycles. The van der Waals surface area contributed by atoms with Gasteiger partial charge in [-0.1, -0.05) is 59.8 Å². The first kappa shape index (κ1) is 52.8. The standard InChI is InChI=1S/2C13H23NO4.C12H21NO4/c2*1-8-13(5,6)9(10(15)17-7)14-11(16)18-12(2,3)4;1-7-12(5,6)8(9(14)15)13-10(16)17-11(2,3)4/h2*8-9H,1H2,2-7H3,(H,14,16);7-8H,1H2,2-6H3,(H,13,16)(H,14,15)/t9-;;8-/m0.1/s1. The van der Waals surface area contributed by atoms with Crippen molar-refractivity contribution in [1.29, 1.82) is 0 Å². The molecule has 53 heavy (non-hydrogen) atoms. The summed E-state index contributed by atoms with van der Waals surface area (Å²) in [7, 11) is 2.54. The number of rotatable bonds is 12. The van der Waals surface area contributed by atoms with Crippen LogP contribution in [0.4, 0.5) is 14.4 Å². The smallest absolute Gasteiger partial charge is 0.408 e. The van der Waals surface area contributed by atoms with E-state index < -0.39 is 87.4 Å². The van der Waals surface area contributed by atoms with Gasteiger partial charge < -0.3 is 44.7 Å². The summed E-state index contributed by atoms with van der Waals surface area (Å²) in [5.74, 6) is -2.20. The monoisotopic (exact) mass is 757 g/mol. The van der Waals surface area contributed by atoms with Crippen LogP contribution in [-0.4, -0.2) is 90.4 Å². The third kappa shape index (κ3) is 22.9. The lowest BCUT2D eigenvalue weighted by Gasteiger charge is -2.30. The van der Waals surface area contributed by atoms with Crippen molar-refractivity contribution < 1.29 is 57.6 Å². The largest absolute Gasteiger partial charge is 0.480 e. The number of amides is 3. The van der Waals surface area contributed by atoms with Crippen molar-refractivity contribution in [3.63, 3.8) is 0 Å². The molecule has 15 heteroatoms. The van der Waals surface area contributed by atoms with Gasteiger partial charge in [0.15, 0.2) is 0 Å². The van der Waals surface area contributed by atoms with E-state index in [0.717, 1.165) is 0 Å². The average molecular weight is 758 g/mol. The lowest BCUT2D eigenvalue weighted by atomic mass is 9.84. The van der Waals surface area contributed by atoms with Crippen LogP contribution in [0.15, 0.2) is 38.0 Å². The highest BCUT2D eigenvalue weighted by atomic mass is 16.6. The Morgan fingerprint density at radius 3 is 0.849 bits per heavy atom. The van der Waals surface area contributed by atoms with Crippen molar-refractivity contribution in [3.8, 4) is 0 Å². The summed E-state index contributed by atoms with van der Waals surface area (Å²) in [5, 5.41) is 16.4. The molecule has 0 saturated carbocycles. The van der Waals surface area contributed by atoms with Gasteiger partial charge in [-0.2, -0.15) is 0 Å². The summed E-state index contributed by atoms with van der Waals surface area (Å²) in [6.45, 7) is 36.9. The van der Waals surface area contributed by atoms with Gasteiger partial charge in [-0.05, 0) is 62.3 Å². The third-order valence-corrected chi connectivity index (χ3v) is 6.91. The van der Waals surface area contributed by atoms with Gasteiger partial charge in [-0.3, -0.25) is 0 Å². The minimum atomic E-state index is -1.12. The molecule has 0 saturated heterocycles. The molecule has 0 aromatic rings. The second kappa shape index (κ2) is 21.2. The van der Waals surface area contributed by atoms with Crippen LogP contribution in [0.1, 0.15) is 104 Å². The number of hydrogen-bond acceptors (Lipinski definition) is 11. The first-order chi connectivity index (χ1) is 23.6. The van der Waals surface area contributed by atoms with E-state index in [-0.39, 0.29) is 0 Å². The number of carboxylic acids is 1. The summed E-state index contributed by atoms with van der Waals surface area (Å²) >= 11 is 0. The number of carboxylic acid groups (broad SMARTS) is 1. The molecule has 0 aromatic heterocycles. The molecule has 0 spiro atoms. The van der Waals surface area contributed by atoms with E-state index in [2.05, 4.69) is 45.2 Å². The van der Waals surface area contributed by atoms with E-state index in [1.807, 2.05) is 0 Å². The van der Waals surface area contributed by atoms with Crippen molar-refractivity contribution in [1.82, 2.24) is 16.0 Å². The van der Waals surface area contributed by atoms with Crippen LogP contribution < -0.4 is 16.0 Å². The number of ether oxygens (including phenoxy) is 5. The van der Waals surface area contributed by atoms with Crippen molar-refractivity contribution in [2.75, 3.05) is 14.2 Å². The number of carbonyl (C=O) groups excluding carboxylic acids is 5. The molecule has 1 unspecified atom stereocenters. The van der Waals surface area contributed by atoms with Gasteiger partial charge in [0, 0.05) is 16.2 Å². The number of esters is 2. The maximum absolute atomic E-state index is 11.7. The molecule has 3 atom stereocenters. The van der Waals surface area contributed by atoms with E-state index in [9.17, 15) is 28.8 Å². The lowest BCUT2D eigenvalue weighted by molar-refractivity contribution is -0.146. The molecule has 0 radical (unpaired) electrons. The molecule has 0 bridgehead atoms. The van der Waals surface area contributed by atoms with Crippen LogP contribution in [0, 0.1) is 16.2 Å². The van der Waals surface area contributed by atoms with Crippen LogP contribution in [0.5, 0.6) is 0 Å². The molecule has 3 amide bonds. The van der Waals surface area contributed by atoms with Crippen LogP contribution in [0.2, 0.25) is 0 Å². The quantitative estimate of drug-likeness (QED) is 0.0932. The van der Waals surface area contributed by atoms with Gasteiger partial charge in [-0.25, -0.2) is 28.8 Å². The number of nitrogens with one attached hydrogen (secondary N) is 3. The summed E-state index contributed by atoms with van der Waals surface area (Å²) in [6.07, 6.45) is 2.60. The first-order valence-electron chi connectivity index (χ1n) is 16.8. The number of carbonyl (C=O) groups is 6. The number of alkyl carbamates (subject to hydrolysis) is 3.